The van der Waals surface area contributed by atoms with Gasteiger partial charge in [0, 0.05) is 25.0 Å². The van der Waals surface area contributed by atoms with Crippen molar-refractivity contribution in [2.24, 2.45) is 23.2 Å². The van der Waals surface area contributed by atoms with Gasteiger partial charge in [0.25, 0.3) is 0 Å². The summed E-state index contributed by atoms with van der Waals surface area (Å²) in [5.41, 5.74) is 0.982. The van der Waals surface area contributed by atoms with E-state index >= 15 is 0 Å². The van der Waals surface area contributed by atoms with Crippen molar-refractivity contribution in [1.82, 2.24) is 15.1 Å². The first kappa shape index (κ1) is 19.1. The number of hydrogen-bond acceptors (Lipinski definition) is 3. The van der Waals surface area contributed by atoms with E-state index < -0.39 is 0 Å². The molecule has 29 heavy (non-hydrogen) atoms. The van der Waals surface area contributed by atoms with Crippen molar-refractivity contribution in [3.05, 3.63) is 35.9 Å². The molecule has 1 N–H and O–H groups in total. The van der Waals surface area contributed by atoms with Crippen LogP contribution in [0.2, 0.25) is 0 Å². The first-order valence-corrected chi connectivity index (χ1v) is 11.3. The molecule has 1 aromatic carbocycles. The summed E-state index contributed by atoms with van der Waals surface area (Å²) in [6.07, 6.45) is 7.10. The smallest absolute Gasteiger partial charge is 0.242 e. The molecule has 4 saturated carbocycles. The first-order valence-electron chi connectivity index (χ1n) is 11.3. The van der Waals surface area contributed by atoms with Gasteiger partial charge in [0.05, 0.1) is 12.6 Å². The molecule has 1 aliphatic heterocycles. The monoisotopic (exact) mass is 395 g/mol. The summed E-state index contributed by atoms with van der Waals surface area (Å²) in [6, 6.07) is 10.3. The van der Waals surface area contributed by atoms with Gasteiger partial charge in [-0.2, -0.15) is 0 Å². The Hall–Kier alpha value is -1.88. The minimum atomic E-state index is -0.185. The molecule has 2 amide bonds. The van der Waals surface area contributed by atoms with Crippen LogP contribution < -0.4 is 5.32 Å². The van der Waals surface area contributed by atoms with Gasteiger partial charge in [-0.15, -0.1) is 0 Å². The lowest BCUT2D eigenvalue weighted by Crippen LogP contribution is -2.56. The number of hydrogen-bond donors (Lipinski definition) is 1. The molecule has 5 fully saturated rings. The second kappa shape index (κ2) is 7.42. The van der Waals surface area contributed by atoms with E-state index in [4.69, 9.17) is 0 Å². The highest BCUT2D eigenvalue weighted by Gasteiger charge is 2.54. The molecule has 0 aromatic heterocycles. The van der Waals surface area contributed by atoms with Gasteiger partial charge >= 0.3 is 0 Å². The molecule has 1 aromatic rings. The summed E-state index contributed by atoms with van der Waals surface area (Å²) in [5, 5.41) is 3.08. The normalized spacial score (nSPS) is 36.2. The van der Waals surface area contributed by atoms with Crippen LogP contribution in [0.3, 0.4) is 0 Å². The summed E-state index contributed by atoms with van der Waals surface area (Å²) in [4.78, 5) is 30.6. The standard InChI is InChI=1S/C24H33N3O2/c1-26-7-8-27(21(16-26)20-5-3-2-4-6-20)22(28)15-25-23(29)24-12-17-9-18(13-24)11-19(10-17)14-24/h2-6,17-19,21H,7-16H2,1H3,(H,25,29). The second-order valence-electron chi connectivity index (χ2n) is 10.2. The summed E-state index contributed by atoms with van der Waals surface area (Å²) in [7, 11) is 2.10. The van der Waals surface area contributed by atoms with Gasteiger partial charge in [0.2, 0.25) is 11.8 Å². The Bertz CT molecular complexity index is 742. The average Bonchev–Trinajstić information content (AvgIpc) is 2.71. The van der Waals surface area contributed by atoms with Gasteiger partial charge in [-0.3, -0.25) is 9.59 Å². The van der Waals surface area contributed by atoms with Crippen molar-refractivity contribution in [2.45, 2.75) is 44.6 Å². The fourth-order valence-electron chi connectivity index (χ4n) is 7.01. The molecule has 1 unspecified atom stereocenters. The third kappa shape index (κ3) is 3.58. The number of nitrogens with zero attached hydrogens (tertiary/aromatic N) is 2. The first-order chi connectivity index (χ1) is 14.0. The molecule has 1 atom stereocenters. The minimum absolute atomic E-state index is 0.0463. The van der Waals surface area contributed by atoms with Gasteiger partial charge in [-0.1, -0.05) is 30.3 Å². The average molecular weight is 396 g/mol. The molecule has 156 valence electrons. The lowest BCUT2D eigenvalue weighted by Gasteiger charge is -2.55. The SMILES string of the molecule is CN1CCN(C(=O)CNC(=O)C23CC4CC(CC(C4)C2)C3)C(c2ccccc2)C1. The van der Waals surface area contributed by atoms with E-state index in [1.165, 1.54) is 24.8 Å². The Balaban J connectivity index is 1.24. The molecular weight excluding hydrogens is 362 g/mol. The molecule has 0 radical (unpaired) electrons. The van der Waals surface area contributed by atoms with Crippen molar-refractivity contribution in [1.29, 1.82) is 0 Å². The second-order valence-corrected chi connectivity index (χ2v) is 10.2. The van der Waals surface area contributed by atoms with Crippen molar-refractivity contribution < 1.29 is 9.59 Å². The zero-order valence-corrected chi connectivity index (χ0v) is 17.5. The number of carbonyl (C=O) groups is 2. The summed E-state index contributed by atoms with van der Waals surface area (Å²) in [5.74, 6) is 2.41. The quantitative estimate of drug-likeness (QED) is 0.853. The third-order valence-corrected chi connectivity index (χ3v) is 8.01. The molecule has 6 rings (SSSR count). The Kier molecular flexibility index (Phi) is 4.89. The predicted molar refractivity (Wildman–Crippen MR) is 112 cm³/mol. The third-order valence-electron chi connectivity index (χ3n) is 8.01. The van der Waals surface area contributed by atoms with Crippen LogP contribution in [-0.2, 0) is 9.59 Å². The van der Waals surface area contributed by atoms with Crippen molar-refractivity contribution in [3.8, 4) is 0 Å². The minimum Gasteiger partial charge on any atom is -0.347 e. The summed E-state index contributed by atoms with van der Waals surface area (Å²) >= 11 is 0. The number of benzene rings is 1. The molecule has 0 spiro atoms. The van der Waals surface area contributed by atoms with Crippen LogP contribution in [0.25, 0.3) is 0 Å². The van der Waals surface area contributed by atoms with Crippen LogP contribution in [0.5, 0.6) is 0 Å². The van der Waals surface area contributed by atoms with E-state index in [1.807, 2.05) is 23.1 Å². The Morgan fingerprint density at radius 1 is 1.00 bits per heavy atom. The van der Waals surface area contributed by atoms with Gasteiger partial charge in [-0.05, 0) is 68.9 Å². The lowest BCUT2D eigenvalue weighted by molar-refractivity contribution is -0.148. The van der Waals surface area contributed by atoms with Crippen molar-refractivity contribution >= 4 is 11.8 Å². The Morgan fingerprint density at radius 3 is 2.24 bits per heavy atom. The Labute approximate surface area is 173 Å². The highest BCUT2D eigenvalue weighted by atomic mass is 16.2. The number of piperazine rings is 1. The number of nitrogens with one attached hydrogen (secondary N) is 1. The number of rotatable bonds is 4. The van der Waals surface area contributed by atoms with Crippen LogP contribution in [0.15, 0.2) is 30.3 Å². The van der Waals surface area contributed by atoms with Crippen LogP contribution in [0.4, 0.5) is 0 Å². The molecule has 5 nitrogen and oxygen atoms in total. The van der Waals surface area contributed by atoms with Crippen LogP contribution in [0.1, 0.15) is 50.1 Å². The number of carbonyl (C=O) groups excluding carboxylic acids is 2. The van der Waals surface area contributed by atoms with E-state index in [9.17, 15) is 9.59 Å². The summed E-state index contributed by atoms with van der Waals surface area (Å²) in [6.45, 7) is 2.55. The maximum atomic E-state index is 13.2. The molecule has 1 heterocycles. The Morgan fingerprint density at radius 2 is 1.62 bits per heavy atom. The maximum absolute atomic E-state index is 13.2. The van der Waals surface area contributed by atoms with E-state index in [0.717, 1.165) is 50.1 Å². The summed E-state index contributed by atoms with van der Waals surface area (Å²) < 4.78 is 0. The lowest BCUT2D eigenvalue weighted by atomic mass is 9.49. The number of likely N-dealkylation sites (N-methyl/N-ethyl adjacent to an activating group) is 1. The molecule has 5 heteroatoms. The van der Waals surface area contributed by atoms with E-state index in [-0.39, 0.29) is 29.8 Å². The molecule has 4 aliphatic carbocycles. The van der Waals surface area contributed by atoms with Crippen molar-refractivity contribution in [2.75, 3.05) is 33.2 Å². The maximum Gasteiger partial charge on any atom is 0.242 e. The zero-order valence-electron chi connectivity index (χ0n) is 17.5. The largest absolute Gasteiger partial charge is 0.347 e. The van der Waals surface area contributed by atoms with Crippen LogP contribution in [-0.4, -0.2) is 54.8 Å². The van der Waals surface area contributed by atoms with E-state index in [0.29, 0.717) is 6.54 Å². The van der Waals surface area contributed by atoms with Gasteiger partial charge in [0.1, 0.15) is 0 Å². The highest BCUT2D eigenvalue weighted by Crippen LogP contribution is 2.60. The predicted octanol–water partition coefficient (Wildman–Crippen LogP) is 2.83. The van der Waals surface area contributed by atoms with Gasteiger partial charge in [0.15, 0.2) is 0 Å². The van der Waals surface area contributed by atoms with E-state index in [1.54, 1.807) is 0 Å². The van der Waals surface area contributed by atoms with Crippen LogP contribution in [0, 0.1) is 23.2 Å². The molecular formula is C24H33N3O2. The topological polar surface area (TPSA) is 52.6 Å². The van der Waals surface area contributed by atoms with E-state index in [2.05, 4.69) is 29.4 Å². The fourth-order valence-corrected chi connectivity index (χ4v) is 7.01. The van der Waals surface area contributed by atoms with Crippen molar-refractivity contribution in [3.63, 3.8) is 0 Å². The zero-order chi connectivity index (χ0) is 20.0. The highest BCUT2D eigenvalue weighted by molar-refractivity contribution is 5.88. The van der Waals surface area contributed by atoms with Gasteiger partial charge < -0.3 is 15.1 Å². The molecule has 5 aliphatic rings. The molecule has 4 bridgehead atoms. The molecule has 1 saturated heterocycles. The van der Waals surface area contributed by atoms with Crippen LogP contribution >= 0.6 is 0 Å². The fraction of sp³-hybridized carbons (Fsp3) is 0.667. The van der Waals surface area contributed by atoms with Gasteiger partial charge in [-0.25, -0.2) is 0 Å². The number of amides is 2.